The highest BCUT2D eigenvalue weighted by Gasteiger charge is 2.11. The van der Waals surface area contributed by atoms with Gasteiger partial charge in [0.15, 0.2) is 0 Å². The third kappa shape index (κ3) is 4.34. The van der Waals surface area contributed by atoms with E-state index in [2.05, 4.69) is 29.8 Å². The summed E-state index contributed by atoms with van der Waals surface area (Å²) in [6.07, 6.45) is 1.69. The lowest BCUT2D eigenvalue weighted by Crippen LogP contribution is -2.29. The quantitative estimate of drug-likeness (QED) is 0.839. The molecule has 0 saturated heterocycles. The largest absolute Gasteiger partial charge is 0.389 e. The molecule has 0 aromatic carbocycles. The van der Waals surface area contributed by atoms with E-state index in [9.17, 15) is 5.11 Å². The lowest BCUT2D eigenvalue weighted by atomic mass is 10.1. The van der Waals surface area contributed by atoms with Crippen LogP contribution in [0.2, 0.25) is 0 Å². The van der Waals surface area contributed by atoms with Crippen molar-refractivity contribution in [1.29, 1.82) is 5.26 Å². The maximum Gasteiger partial charge on any atom is 0.128 e. The topological polar surface area (TPSA) is 60.2 Å². The standard InChI is InChI=1S/C14H21N3O/c1-11(2)10-17(8-4-6-15)14-9-13(12(3)18)5-7-16-14/h5,7,9,11-12,18H,4,8,10H2,1-3H3/t12-/m0/s1. The first-order valence-electron chi connectivity index (χ1n) is 6.30. The van der Waals surface area contributed by atoms with E-state index in [0.29, 0.717) is 18.9 Å². The number of hydrogen-bond donors (Lipinski definition) is 1. The molecule has 0 aliphatic carbocycles. The Morgan fingerprint density at radius 2 is 2.17 bits per heavy atom. The SMILES string of the molecule is CC(C)CN(CCC#N)c1cc([C@H](C)O)ccn1. The molecule has 0 saturated carbocycles. The van der Waals surface area contributed by atoms with Gasteiger partial charge in [-0.05, 0) is 30.5 Å². The Morgan fingerprint density at radius 3 is 2.72 bits per heavy atom. The highest BCUT2D eigenvalue weighted by molar-refractivity contribution is 5.41. The second-order valence-electron chi connectivity index (χ2n) is 4.87. The number of pyridine rings is 1. The van der Waals surface area contributed by atoms with Gasteiger partial charge in [-0.3, -0.25) is 0 Å². The molecule has 0 aliphatic heterocycles. The maximum absolute atomic E-state index is 9.59. The van der Waals surface area contributed by atoms with Gasteiger partial charge in [0.1, 0.15) is 5.82 Å². The molecule has 0 amide bonds. The molecule has 18 heavy (non-hydrogen) atoms. The minimum atomic E-state index is -0.497. The summed E-state index contributed by atoms with van der Waals surface area (Å²) < 4.78 is 0. The minimum Gasteiger partial charge on any atom is -0.389 e. The summed E-state index contributed by atoms with van der Waals surface area (Å²) in [6, 6.07) is 5.86. The Bertz CT molecular complexity index is 410. The van der Waals surface area contributed by atoms with Gasteiger partial charge in [0.25, 0.3) is 0 Å². The van der Waals surface area contributed by atoms with Gasteiger partial charge in [-0.1, -0.05) is 13.8 Å². The first-order chi connectivity index (χ1) is 8.54. The van der Waals surface area contributed by atoms with Crippen LogP contribution in [0.15, 0.2) is 18.3 Å². The summed E-state index contributed by atoms with van der Waals surface area (Å²) in [6.45, 7) is 7.54. The second kappa shape index (κ2) is 6.97. The first kappa shape index (κ1) is 14.5. The molecular weight excluding hydrogens is 226 g/mol. The van der Waals surface area contributed by atoms with Crippen LogP contribution in [0.5, 0.6) is 0 Å². The molecule has 1 aromatic heterocycles. The Morgan fingerprint density at radius 1 is 1.44 bits per heavy atom. The summed E-state index contributed by atoms with van der Waals surface area (Å²) in [5.74, 6) is 1.33. The van der Waals surface area contributed by atoms with E-state index in [0.717, 1.165) is 17.9 Å². The Kier molecular flexibility index (Phi) is 5.60. The van der Waals surface area contributed by atoms with Crippen LogP contribution in [0.1, 0.15) is 38.9 Å². The molecule has 0 aliphatic rings. The molecular formula is C14H21N3O. The van der Waals surface area contributed by atoms with Crippen LogP contribution >= 0.6 is 0 Å². The lowest BCUT2D eigenvalue weighted by Gasteiger charge is -2.25. The predicted molar refractivity (Wildman–Crippen MR) is 72.2 cm³/mol. The first-order valence-corrected chi connectivity index (χ1v) is 6.30. The van der Waals surface area contributed by atoms with Crippen molar-refractivity contribution in [3.63, 3.8) is 0 Å². The number of aliphatic hydroxyl groups is 1. The molecule has 0 fully saturated rings. The van der Waals surface area contributed by atoms with Gasteiger partial charge in [0, 0.05) is 19.3 Å². The summed E-state index contributed by atoms with van der Waals surface area (Å²) in [5, 5.41) is 18.3. The number of nitrogens with zero attached hydrogens (tertiary/aromatic N) is 3. The van der Waals surface area contributed by atoms with E-state index in [4.69, 9.17) is 5.26 Å². The highest BCUT2D eigenvalue weighted by atomic mass is 16.3. The van der Waals surface area contributed by atoms with Crippen molar-refractivity contribution in [1.82, 2.24) is 4.98 Å². The summed E-state index contributed by atoms with van der Waals surface area (Å²) >= 11 is 0. The average Bonchev–Trinajstić information content (AvgIpc) is 2.34. The zero-order chi connectivity index (χ0) is 13.5. The monoisotopic (exact) mass is 247 g/mol. The smallest absolute Gasteiger partial charge is 0.128 e. The van der Waals surface area contributed by atoms with Crippen molar-refractivity contribution in [2.24, 2.45) is 5.92 Å². The zero-order valence-corrected chi connectivity index (χ0v) is 11.3. The van der Waals surface area contributed by atoms with Gasteiger partial charge in [0.2, 0.25) is 0 Å². The third-order valence-electron chi connectivity index (χ3n) is 2.66. The molecule has 0 unspecified atom stereocenters. The van der Waals surface area contributed by atoms with Crippen molar-refractivity contribution >= 4 is 5.82 Å². The lowest BCUT2D eigenvalue weighted by molar-refractivity contribution is 0.199. The molecule has 0 radical (unpaired) electrons. The van der Waals surface area contributed by atoms with E-state index in [1.165, 1.54) is 0 Å². The van der Waals surface area contributed by atoms with Crippen molar-refractivity contribution in [2.45, 2.75) is 33.3 Å². The normalized spacial score (nSPS) is 12.2. The maximum atomic E-state index is 9.59. The van der Waals surface area contributed by atoms with Crippen LogP contribution in [0, 0.1) is 17.2 Å². The van der Waals surface area contributed by atoms with E-state index in [-0.39, 0.29) is 0 Å². The average molecular weight is 247 g/mol. The number of nitriles is 1. The number of hydrogen-bond acceptors (Lipinski definition) is 4. The van der Waals surface area contributed by atoms with Crippen LogP contribution in [-0.2, 0) is 0 Å². The molecule has 4 nitrogen and oxygen atoms in total. The number of aliphatic hydroxyl groups excluding tert-OH is 1. The van der Waals surface area contributed by atoms with Crippen LogP contribution in [-0.4, -0.2) is 23.2 Å². The molecule has 1 atom stereocenters. The fourth-order valence-electron chi connectivity index (χ4n) is 1.79. The van der Waals surface area contributed by atoms with Crippen molar-refractivity contribution in [2.75, 3.05) is 18.0 Å². The zero-order valence-electron chi connectivity index (χ0n) is 11.3. The molecule has 1 aromatic rings. The van der Waals surface area contributed by atoms with Gasteiger partial charge < -0.3 is 10.0 Å². The van der Waals surface area contributed by atoms with Gasteiger partial charge in [-0.25, -0.2) is 4.98 Å². The van der Waals surface area contributed by atoms with E-state index >= 15 is 0 Å². The van der Waals surface area contributed by atoms with Crippen LogP contribution < -0.4 is 4.90 Å². The summed E-state index contributed by atoms with van der Waals surface area (Å²) in [5.41, 5.74) is 0.853. The van der Waals surface area contributed by atoms with Crippen molar-refractivity contribution in [3.8, 4) is 6.07 Å². The van der Waals surface area contributed by atoms with Crippen LogP contribution in [0.3, 0.4) is 0 Å². The second-order valence-corrected chi connectivity index (χ2v) is 4.87. The number of rotatable bonds is 6. The molecule has 0 spiro atoms. The fourth-order valence-corrected chi connectivity index (χ4v) is 1.79. The van der Waals surface area contributed by atoms with Gasteiger partial charge in [-0.2, -0.15) is 5.26 Å². The van der Waals surface area contributed by atoms with Crippen LogP contribution in [0.25, 0.3) is 0 Å². The Labute approximate surface area is 109 Å². The van der Waals surface area contributed by atoms with E-state index in [1.54, 1.807) is 13.1 Å². The molecule has 1 heterocycles. The third-order valence-corrected chi connectivity index (χ3v) is 2.66. The molecule has 0 bridgehead atoms. The summed E-state index contributed by atoms with van der Waals surface area (Å²) in [4.78, 5) is 6.43. The Balaban J connectivity index is 2.89. The predicted octanol–water partition coefficient (Wildman–Crippen LogP) is 2.51. The van der Waals surface area contributed by atoms with Gasteiger partial charge in [0.05, 0.1) is 18.6 Å². The van der Waals surface area contributed by atoms with Crippen molar-refractivity contribution in [3.05, 3.63) is 23.9 Å². The van der Waals surface area contributed by atoms with E-state index in [1.807, 2.05) is 12.1 Å². The minimum absolute atomic E-state index is 0.479. The molecule has 1 rings (SSSR count). The Hall–Kier alpha value is -1.60. The summed E-state index contributed by atoms with van der Waals surface area (Å²) in [7, 11) is 0. The van der Waals surface area contributed by atoms with E-state index < -0.39 is 6.10 Å². The number of aromatic nitrogens is 1. The van der Waals surface area contributed by atoms with Gasteiger partial charge in [-0.15, -0.1) is 0 Å². The molecule has 98 valence electrons. The fraction of sp³-hybridized carbons (Fsp3) is 0.571. The van der Waals surface area contributed by atoms with Crippen molar-refractivity contribution < 1.29 is 5.11 Å². The highest BCUT2D eigenvalue weighted by Crippen LogP contribution is 2.19. The van der Waals surface area contributed by atoms with Crippen LogP contribution in [0.4, 0.5) is 5.82 Å². The molecule has 4 heteroatoms. The van der Waals surface area contributed by atoms with Gasteiger partial charge >= 0.3 is 0 Å². The molecule has 1 N–H and O–H groups in total. The number of anilines is 1.